The van der Waals surface area contributed by atoms with Crippen LogP contribution in [0.2, 0.25) is 0 Å². The van der Waals surface area contributed by atoms with Gasteiger partial charge in [-0.15, -0.1) is 0 Å². The molecule has 0 radical (unpaired) electrons. The van der Waals surface area contributed by atoms with Gasteiger partial charge < -0.3 is 15.0 Å². The fourth-order valence-electron chi connectivity index (χ4n) is 3.13. The second-order valence-corrected chi connectivity index (χ2v) is 6.36. The van der Waals surface area contributed by atoms with Crippen LogP contribution in [0.1, 0.15) is 37.7 Å². The van der Waals surface area contributed by atoms with Gasteiger partial charge in [-0.1, -0.05) is 18.2 Å². The van der Waals surface area contributed by atoms with Crippen molar-refractivity contribution in [3.8, 4) is 11.4 Å². The number of amides is 1. The number of hydrogen-bond donors (Lipinski definition) is 2. The number of H-pyrrole nitrogens is 1. The lowest BCUT2D eigenvalue weighted by atomic mass is 9.94. The van der Waals surface area contributed by atoms with Gasteiger partial charge in [0.1, 0.15) is 5.82 Å². The fraction of sp³-hybridized carbons (Fsp3) is 0.474. The van der Waals surface area contributed by atoms with E-state index in [1.54, 1.807) is 6.20 Å². The Kier molecular flexibility index (Phi) is 6.01. The largest absolute Gasteiger partial charge is 0.381 e. The monoisotopic (exact) mass is 327 g/mol. The Morgan fingerprint density at radius 3 is 3.00 bits per heavy atom. The molecule has 0 atom stereocenters. The first-order valence-corrected chi connectivity index (χ1v) is 8.74. The van der Waals surface area contributed by atoms with Crippen molar-refractivity contribution in [3.05, 3.63) is 42.2 Å². The Morgan fingerprint density at radius 1 is 1.33 bits per heavy atom. The minimum atomic E-state index is 0.130. The lowest BCUT2D eigenvalue weighted by molar-refractivity contribution is -0.121. The third-order valence-electron chi connectivity index (χ3n) is 4.55. The second-order valence-electron chi connectivity index (χ2n) is 6.36. The van der Waals surface area contributed by atoms with Crippen molar-refractivity contribution < 1.29 is 9.53 Å². The predicted molar refractivity (Wildman–Crippen MR) is 93.3 cm³/mol. The van der Waals surface area contributed by atoms with Crippen LogP contribution >= 0.6 is 0 Å². The van der Waals surface area contributed by atoms with Crippen LogP contribution in [0, 0.1) is 5.92 Å². The highest BCUT2D eigenvalue weighted by atomic mass is 16.5. The van der Waals surface area contributed by atoms with Gasteiger partial charge in [0.15, 0.2) is 0 Å². The van der Waals surface area contributed by atoms with Crippen molar-refractivity contribution in [3.63, 3.8) is 0 Å². The van der Waals surface area contributed by atoms with E-state index < -0.39 is 0 Å². The quantitative estimate of drug-likeness (QED) is 0.820. The second kappa shape index (κ2) is 8.64. The third kappa shape index (κ3) is 4.93. The van der Waals surface area contributed by atoms with Crippen LogP contribution in [0.15, 0.2) is 36.7 Å². The Bertz CT molecular complexity index is 634. The van der Waals surface area contributed by atoms with Crippen molar-refractivity contribution in [2.75, 3.05) is 13.2 Å². The van der Waals surface area contributed by atoms with Gasteiger partial charge in [0.25, 0.3) is 0 Å². The highest BCUT2D eigenvalue weighted by Crippen LogP contribution is 2.20. The normalized spacial score (nSPS) is 15.3. The van der Waals surface area contributed by atoms with Gasteiger partial charge in [0.2, 0.25) is 5.91 Å². The fourth-order valence-corrected chi connectivity index (χ4v) is 3.13. The van der Waals surface area contributed by atoms with Gasteiger partial charge in [-0.2, -0.15) is 0 Å². The first kappa shape index (κ1) is 16.7. The summed E-state index contributed by atoms with van der Waals surface area (Å²) in [6, 6.07) is 8.08. The maximum Gasteiger partial charge on any atom is 0.220 e. The summed E-state index contributed by atoms with van der Waals surface area (Å²) in [6.45, 7) is 2.32. The molecule has 0 bridgehead atoms. The average Bonchev–Trinajstić information content (AvgIpc) is 3.16. The van der Waals surface area contributed by atoms with Crippen LogP contribution in [0.5, 0.6) is 0 Å². The van der Waals surface area contributed by atoms with Crippen LogP contribution in [-0.4, -0.2) is 29.1 Å². The van der Waals surface area contributed by atoms with Crippen LogP contribution in [0.3, 0.4) is 0 Å². The highest BCUT2D eigenvalue weighted by Gasteiger charge is 2.13. The summed E-state index contributed by atoms with van der Waals surface area (Å²) in [5.41, 5.74) is 2.12. The number of aromatic nitrogens is 2. The molecular weight excluding hydrogens is 302 g/mol. The maximum atomic E-state index is 12.0. The minimum absolute atomic E-state index is 0.130. The van der Waals surface area contributed by atoms with E-state index in [4.69, 9.17) is 4.74 Å². The molecule has 128 valence electrons. The zero-order valence-electron chi connectivity index (χ0n) is 14.0. The lowest BCUT2D eigenvalue weighted by Crippen LogP contribution is -2.23. The number of aromatic amines is 1. The summed E-state index contributed by atoms with van der Waals surface area (Å²) in [7, 11) is 0. The molecule has 5 heteroatoms. The lowest BCUT2D eigenvalue weighted by Gasteiger charge is -2.21. The Hall–Kier alpha value is -2.14. The van der Waals surface area contributed by atoms with E-state index in [9.17, 15) is 4.79 Å². The van der Waals surface area contributed by atoms with Gasteiger partial charge in [-0.05, 0) is 43.2 Å². The summed E-state index contributed by atoms with van der Waals surface area (Å²) < 4.78 is 5.37. The summed E-state index contributed by atoms with van der Waals surface area (Å²) in [5.74, 6) is 1.71. The molecule has 0 saturated carbocycles. The van der Waals surface area contributed by atoms with E-state index in [2.05, 4.69) is 21.4 Å². The Balaban J connectivity index is 1.40. The van der Waals surface area contributed by atoms with E-state index in [0.29, 0.717) is 13.0 Å². The average molecular weight is 327 g/mol. The number of hydrogen-bond acceptors (Lipinski definition) is 3. The van der Waals surface area contributed by atoms with E-state index in [-0.39, 0.29) is 5.91 Å². The van der Waals surface area contributed by atoms with Gasteiger partial charge in [-0.25, -0.2) is 4.98 Å². The van der Waals surface area contributed by atoms with Crippen molar-refractivity contribution in [2.24, 2.45) is 5.92 Å². The molecule has 0 aliphatic carbocycles. The molecule has 24 heavy (non-hydrogen) atoms. The third-order valence-corrected chi connectivity index (χ3v) is 4.55. The van der Waals surface area contributed by atoms with Crippen LogP contribution < -0.4 is 5.32 Å². The van der Waals surface area contributed by atoms with Crippen molar-refractivity contribution in [1.82, 2.24) is 15.3 Å². The molecule has 5 nitrogen and oxygen atoms in total. The van der Waals surface area contributed by atoms with Crippen molar-refractivity contribution in [2.45, 2.75) is 38.6 Å². The summed E-state index contributed by atoms with van der Waals surface area (Å²) in [5, 5.41) is 3.01. The molecule has 2 heterocycles. The van der Waals surface area contributed by atoms with Crippen LogP contribution in [0.4, 0.5) is 0 Å². The number of nitrogens with zero attached hydrogens (tertiary/aromatic N) is 1. The molecule has 0 spiro atoms. The molecular formula is C19H25N3O2. The van der Waals surface area contributed by atoms with Crippen molar-refractivity contribution >= 4 is 5.91 Å². The first-order valence-electron chi connectivity index (χ1n) is 8.74. The van der Waals surface area contributed by atoms with Gasteiger partial charge >= 0.3 is 0 Å². The smallest absolute Gasteiger partial charge is 0.220 e. The van der Waals surface area contributed by atoms with E-state index in [0.717, 1.165) is 61.8 Å². The van der Waals surface area contributed by atoms with Crippen LogP contribution in [-0.2, 0) is 16.1 Å². The zero-order chi connectivity index (χ0) is 16.6. The van der Waals surface area contributed by atoms with E-state index in [1.807, 2.05) is 24.4 Å². The molecule has 0 unspecified atom stereocenters. The zero-order valence-corrected chi connectivity index (χ0v) is 14.0. The SMILES string of the molecule is O=C(CCCC1CCOCC1)NCc1cccc(-c2ncc[nH]2)c1. The molecule has 1 aromatic heterocycles. The molecule has 2 N–H and O–H groups in total. The topological polar surface area (TPSA) is 67.0 Å². The molecule has 1 saturated heterocycles. The maximum absolute atomic E-state index is 12.0. The highest BCUT2D eigenvalue weighted by molar-refractivity contribution is 5.75. The summed E-state index contributed by atoms with van der Waals surface area (Å²) in [4.78, 5) is 19.4. The minimum Gasteiger partial charge on any atom is -0.381 e. The molecule has 2 aromatic rings. The van der Waals surface area contributed by atoms with Crippen LogP contribution in [0.25, 0.3) is 11.4 Å². The molecule has 1 aliphatic heterocycles. The van der Waals surface area contributed by atoms with Gasteiger partial charge in [0.05, 0.1) is 0 Å². The summed E-state index contributed by atoms with van der Waals surface area (Å²) in [6.07, 6.45) is 8.52. The number of rotatable bonds is 7. The number of carbonyl (C=O) groups excluding carboxylic acids is 1. The Labute approximate surface area is 142 Å². The number of nitrogens with one attached hydrogen (secondary N) is 2. The van der Waals surface area contributed by atoms with Gasteiger partial charge in [0, 0.05) is 44.1 Å². The standard InChI is InChI=1S/C19H25N3O2/c23-18(6-2-3-15-7-11-24-12-8-15)22-14-16-4-1-5-17(13-16)19-20-9-10-21-19/h1,4-5,9-10,13,15H,2-3,6-8,11-12,14H2,(H,20,21)(H,22,23). The molecule has 1 fully saturated rings. The van der Waals surface area contributed by atoms with E-state index in [1.165, 1.54) is 0 Å². The molecule has 1 aliphatic rings. The van der Waals surface area contributed by atoms with Crippen molar-refractivity contribution in [1.29, 1.82) is 0 Å². The Morgan fingerprint density at radius 2 is 2.21 bits per heavy atom. The number of benzene rings is 1. The number of imidazole rings is 1. The van der Waals surface area contributed by atoms with Gasteiger partial charge in [-0.3, -0.25) is 4.79 Å². The number of ether oxygens (including phenoxy) is 1. The molecule has 1 aromatic carbocycles. The number of carbonyl (C=O) groups is 1. The predicted octanol–water partition coefficient (Wildman–Crippen LogP) is 3.29. The molecule has 3 rings (SSSR count). The first-order chi connectivity index (χ1) is 11.8. The van der Waals surface area contributed by atoms with E-state index >= 15 is 0 Å². The summed E-state index contributed by atoms with van der Waals surface area (Å²) >= 11 is 0. The molecule has 1 amide bonds.